The summed E-state index contributed by atoms with van der Waals surface area (Å²) in [5.41, 5.74) is 5.25. The van der Waals surface area contributed by atoms with E-state index in [0.29, 0.717) is 13.0 Å². The lowest BCUT2D eigenvalue weighted by Crippen LogP contribution is -2.16. The first-order chi connectivity index (χ1) is 10.9. The minimum Gasteiger partial charge on any atom is -0.494 e. The van der Waals surface area contributed by atoms with Gasteiger partial charge in [0, 0.05) is 0 Å². The zero-order valence-corrected chi connectivity index (χ0v) is 14.2. The van der Waals surface area contributed by atoms with Crippen molar-refractivity contribution in [2.45, 2.75) is 40.0 Å². The number of carboxylic acid groups (broad SMARTS) is 1. The van der Waals surface area contributed by atoms with Crippen LogP contribution in [0.25, 0.3) is 0 Å². The highest BCUT2D eigenvalue weighted by atomic mass is 16.5. The summed E-state index contributed by atoms with van der Waals surface area (Å²) in [5, 5.41) is 9.57. The van der Waals surface area contributed by atoms with Crippen molar-refractivity contribution in [3.63, 3.8) is 0 Å². The van der Waals surface area contributed by atoms with E-state index in [9.17, 15) is 9.90 Å². The minimum absolute atomic E-state index is 0.382. The van der Waals surface area contributed by atoms with Gasteiger partial charge in [0.25, 0.3) is 0 Å². The van der Waals surface area contributed by atoms with E-state index in [0.717, 1.165) is 33.6 Å². The number of ether oxygens (including phenoxy) is 1. The predicted octanol–water partition coefficient (Wildman–Crippen LogP) is 4.56. The van der Waals surface area contributed by atoms with E-state index in [4.69, 9.17) is 4.74 Å². The maximum Gasteiger partial charge on any atom is 0.311 e. The zero-order chi connectivity index (χ0) is 17.0. The number of aliphatic carboxylic acids is 1. The van der Waals surface area contributed by atoms with E-state index in [2.05, 4.69) is 6.07 Å². The van der Waals surface area contributed by atoms with E-state index in [1.807, 2.05) is 58.0 Å². The third kappa shape index (κ3) is 4.59. The van der Waals surface area contributed by atoms with Crippen LogP contribution in [-0.2, 0) is 4.79 Å². The zero-order valence-electron chi connectivity index (χ0n) is 14.2. The normalized spacial score (nSPS) is 12.0. The quantitative estimate of drug-likeness (QED) is 0.850. The lowest BCUT2D eigenvalue weighted by Gasteiger charge is -2.17. The van der Waals surface area contributed by atoms with Crippen molar-refractivity contribution in [1.82, 2.24) is 0 Å². The molecule has 0 saturated carbocycles. The van der Waals surface area contributed by atoms with Crippen LogP contribution in [0.4, 0.5) is 0 Å². The highest BCUT2D eigenvalue weighted by Gasteiger charge is 2.21. The van der Waals surface area contributed by atoms with Crippen molar-refractivity contribution in [3.05, 3.63) is 64.2 Å². The fraction of sp³-hybridized carbons (Fsp3) is 0.350. The number of carboxylic acids is 1. The van der Waals surface area contributed by atoms with Crippen molar-refractivity contribution in [3.8, 4) is 5.75 Å². The third-order valence-corrected chi connectivity index (χ3v) is 3.98. The minimum atomic E-state index is -0.803. The van der Waals surface area contributed by atoms with Crippen LogP contribution >= 0.6 is 0 Å². The Kier molecular flexibility index (Phi) is 5.43. The smallest absolute Gasteiger partial charge is 0.311 e. The Bertz CT molecular complexity index is 684. The van der Waals surface area contributed by atoms with Crippen LogP contribution in [-0.4, -0.2) is 17.7 Å². The molecule has 3 nitrogen and oxygen atoms in total. The van der Waals surface area contributed by atoms with E-state index in [1.165, 1.54) is 0 Å². The summed E-state index contributed by atoms with van der Waals surface area (Å²) >= 11 is 0. The van der Waals surface area contributed by atoms with Crippen LogP contribution in [0.3, 0.4) is 0 Å². The molecule has 0 amide bonds. The lowest BCUT2D eigenvalue weighted by atomic mass is 9.91. The molecule has 0 aliphatic heterocycles. The van der Waals surface area contributed by atoms with Crippen LogP contribution in [0.2, 0.25) is 0 Å². The van der Waals surface area contributed by atoms with Crippen LogP contribution in [0, 0.1) is 27.7 Å². The Morgan fingerprint density at radius 3 is 2.26 bits per heavy atom. The second kappa shape index (κ2) is 7.32. The molecule has 0 bridgehead atoms. The molecule has 0 radical (unpaired) electrons. The van der Waals surface area contributed by atoms with Crippen LogP contribution in [0.15, 0.2) is 36.4 Å². The molecule has 0 aromatic heterocycles. The van der Waals surface area contributed by atoms with Gasteiger partial charge in [-0.25, -0.2) is 0 Å². The summed E-state index contributed by atoms with van der Waals surface area (Å²) in [4.78, 5) is 11.7. The summed E-state index contributed by atoms with van der Waals surface area (Å²) in [7, 11) is 0. The van der Waals surface area contributed by atoms with Gasteiger partial charge in [-0.05, 0) is 68.5 Å². The fourth-order valence-electron chi connectivity index (χ4n) is 2.86. The van der Waals surface area contributed by atoms with Crippen molar-refractivity contribution in [2.75, 3.05) is 6.61 Å². The highest BCUT2D eigenvalue weighted by Crippen LogP contribution is 2.25. The highest BCUT2D eigenvalue weighted by molar-refractivity contribution is 5.76. The number of carbonyl (C=O) groups is 1. The molecule has 23 heavy (non-hydrogen) atoms. The van der Waals surface area contributed by atoms with Crippen LogP contribution < -0.4 is 4.74 Å². The molecule has 0 aliphatic carbocycles. The molecule has 0 aliphatic rings. The molecule has 122 valence electrons. The van der Waals surface area contributed by atoms with Crippen LogP contribution in [0.5, 0.6) is 5.75 Å². The predicted molar refractivity (Wildman–Crippen MR) is 92.3 cm³/mol. The molecular weight excluding hydrogens is 288 g/mol. The van der Waals surface area contributed by atoms with E-state index in [1.54, 1.807) is 0 Å². The first-order valence-corrected chi connectivity index (χ1v) is 7.88. The number of hydrogen-bond donors (Lipinski definition) is 1. The monoisotopic (exact) mass is 312 g/mol. The number of aryl methyl sites for hydroxylation is 4. The number of rotatable bonds is 6. The van der Waals surface area contributed by atoms with Gasteiger partial charge in [-0.2, -0.15) is 0 Å². The number of hydrogen-bond acceptors (Lipinski definition) is 2. The van der Waals surface area contributed by atoms with Gasteiger partial charge in [0.1, 0.15) is 5.75 Å². The molecule has 3 heteroatoms. The molecule has 0 heterocycles. The number of benzene rings is 2. The van der Waals surface area contributed by atoms with E-state index < -0.39 is 11.9 Å². The Morgan fingerprint density at radius 2 is 1.65 bits per heavy atom. The summed E-state index contributed by atoms with van der Waals surface area (Å²) in [6.45, 7) is 8.36. The van der Waals surface area contributed by atoms with Gasteiger partial charge in [0.2, 0.25) is 0 Å². The molecule has 0 fully saturated rings. The van der Waals surface area contributed by atoms with Crippen molar-refractivity contribution >= 4 is 5.97 Å². The average Bonchev–Trinajstić information content (AvgIpc) is 2.45. The molecule has 0 saturated heterocycles. The van der Waals surface area contributed by atoms with Gasteiger partial charge < -0.3 is 9.84 Å². The Balaban J connectivity index is 2.08. The third-order valence-electron chi connectivity index (χ3n) is 3.98. The van der Waals surface area contributed by atoms with Gasteiger partial charge in [-0.3, -0.25) is 4.79 Å². The molecule has 1 N–H and O–H groups in total. The van der Waals surface area contributed by atoms with Gasteiger partial charge in [0.05, 0.1) is 12.5 Å². The molecule has 2 rings (SSSR count). The van der Waals surface area contributed by atoms with Crippen molar-refractivity contribution < 1.29 is 14.6 Å². The average molecular weight is 312 g/mol. The molecule has 2 aromatic rings. The van der Waals surface area contributed by atoms with Gasteiger partial charge in [0.15, 0.2) is 0 Å². The molecular formula is C20H24O3. The summed E-state index contributed by atoms with van der Waals surface area (Å²) in [6.07, 6.45) is 0.451. The first kappa shape index (κ1) is 17.1. The Hall–Kier alpha value is -2.29. The van der Waals surface area contributed by atoms with Crippen molar-refractivity contribution in [1.29, 1.82) is 0 Å². The maximum atomic E-state index is 11.7. The fourth-order valence-corrected chi connectivity index (χ4v) is 2.86. The SMILES string of the molecule is Cc1cc(C)cc(OCCC(C(=O)O)c2cc(C)ccc2C)c1. The van der Waals surface area contributed by atoms with Crippen molar-refractivity contribution in [2.24, 2.45) is 0 Å². The molecule has 2 aromatic carbocycles. The molecule has 0 spiro atoms. The Labute approximate surface area is 137 Å². The second-order valence-electron chi connectivity index (χ2n) is 6.21. The summed E-state index contributed by atoms with van der Waals surface area (Å²) in [6, 6.07) is 12.0. The molecule has 1 unspecified atom stereocenters. The van der Waals surface area contributed by atoms with E-state index >= 15 is 0 Å². The van der Waals surface area contributed by atoms with Gasteiger partial charge in [-0.15, -0.1) is 0 Å². The second-order valence-corrected chi connectivity index (χ2v) is 6.21. The van der Waals surface area contributed by atoms with Crippen LogP contribution in [0.1, 0.15) is 40.2 Å². The largest absolute Gasteiger partial charge is 0.494 e. The summed E-state index contributed by atoms with van der Waals surface area (Å²) in [5.74, 6) is -0.545. The summed E-state index contributed by atoms with van der Waals surface area (Å²) < 4.78 is 5.78. The topological polar surface area (TPSA) is 46.5 Å². The van der Waals surface area contributed by atoms with E-state index in [-0.39, 0.29) is 0 Å². The lowest BCUT2D eigenvalue weighted by molar-refractivity contribution is -0.139. The maximum absolute atomic E-state index is 11.7. The van der Waals surface area contributed by atoms with Gasteiger partial charge in [-0.1, -0.05) is 29.8 Å². The first-order valence-electron chi connectivity index (χ1n) is 7.88. The standard InChI is InChI=1S/C20H24O3/c1-13-5-6-16(4)19(12-13)18(20(21)22)7-8-23-17-10-14(2)9-15(3)11-17/h5-6,9-12,18H,7-8H2,1-4H3,(H,21,22). The molecule has 1 atom stereocenters. The van der Waals surface area contributed by atoms with Gasteiger partial charge >= 0.3 is 5.97 Å². The Morgan fingerprint density at radius 1 is 1.00 bits per heavy atom.